The Labute approximate surface area is 103 Å². The topological polar surface area (TPSA) is 72.3 Å². The van der Waals surface area contributed by atoms with Crippen LogP contribution in [0.15, 0.2) is 0 Å². The lowest BCUT2D eigenvalue weighted by molar-refractivity contribution is -0.137. The Hall–Kier alpha value is -0.260. The van der Waals surface area contributed by atoms with Crippen LogP contribution in [0.3, 0.4) is 0 Å². The van der Waals surface area contributed by atoms with Crippen LogP contribution in [0.2, 0.25) is 0 Å². The third-order valence-electron chi connectivity index (χ3n) is 2.76. The van der Waals surface area contributed by atoms with Crippen LogP contribution in [0.5, 0.6) is 0 Å². The summed E-state index contributed by atoms with van der Waals surface area (Å²) in [7, 11) is 0. The van der Waals surface area contributed by atoms with E-state index < -0.39 is 24.1 Å². The summed E-state index contributed by atoms with van der Waals surface area (Å²) in [4.78, 5) is 0. The molecule has 0 amide bonds. The molecule has 0 rings (SSSR count). The van der Waals surface area contributed by atoms with Crippen LogP contribution < -0.4 is 11.5 Å². The number of hydrogen-bond donors (Lipinski definition) is 3. The summed E-state index contributed by atoms with van der Waals surface area (Å²) in [5, 5.41) is 9.62. The number of aliphatic hydroxyl groups is 1. The molecule has 3 nitrogen and oxygen atoms in total. The molecule has 0 saturated heterocycles. The van der Waals surface area contributed by atoms with Crippen molar-refractivity contribution in [2.75, 3.05) is 0 Å². The predicted octanol–water partition coefficient (Wildman–Crippen LogP) is 1.73. The molecule has 0 aromatic rings. The third kappa shape index (κ3) is 5.27. The Balaban J connectivity index is 4.56. The van der Waals surface area contributed by atoms with Crippen LogP contribution in [0.4, 0.5) is 8.78 Å². The second kappa shape index (κ2) is 6.61. The smallest absolute Gasteiger partial charge is 0.289 e. The summed E-state index contributed by atoms with van der Waals surface area (Å²) in [6, 6.07) is -2.29. The van der Waals surface area contributed by atoms with Crippen LogP contribution in [-0.2, 0) is 0 Å². The Morgan fingerprint density at radius 2 is 1.41 bits per heavy atom. The molecule has 17 heavy (non-hydrogen) atoms. The van der Waals surface area contributed by atoms with Gasteiger partial charge in [0.2, 0.25) is 0 Å². The minimum atomic E-state index is -3.33. The zero-order chi connectivity index (χ0) is 13.8. The molecule has 0 aliphatic heterocycles. The van der Waals surface area contributed by atoms with Crippen molar-refractivity contribution in [1.82, 2.24) is 0 Å². The highest BCUT2D eigenvalue weighted by Crippen LogP contribution is 2.28. The summed E-state index contributed by atoms with van der Waals surface area (Å²) in [5.41, 5.74) is 11.0. The first kappa shape index (κ1) is 16.7. The second-order valence-electron chi connectivity index (χ2n) is 5.65. The fourth-order valence-electron chi connectivity index (χ4n) is 1.84. The number of aliphatic hydroxyl groups excluding tert-OH is 1. The van der Waals surface area contributed by atoms with Crippen molar-refractivity contribution in [2.24, 2.45) is 23.3 Å². The first-order valence-corrected chi connectivity index (χ1v) is 6.16. The fraction of sp³-hybridized carbons (Fsp3) is 1.00. The van der Waals surface area contributed by atoms with E-state index in [1.807, 2.05) is 27.7 Å². The molecule has 5 N–H and O–H groups in total. The van der Waals surface area contributed by atoms with Crippen molar-refractivity contribution >= 4 is 0 Å². The standard InChI is InChI=1S/C12H26F2N2O/c1-7(2)5-9(15)11(17)12(13,14)10(16)6-8(3)4/h7-11,17H,5-6,15-16H2,1-4H3/t9-,10-,11+/m0/s1. The minimum Gasteiger partial charge on any atom is -0.385 e. The highest BCUT2D eigenvalue weighted by molar-refractivity contribution is 4.93. The molecule has 0 fully saturated rings. The monoisotopic (exact) mass is 252 g/mol. The second-order valence-corrected chi connectivity index (χ2v) is 5.65. The van der Waals surface area contributed by atoms with Gasteiger partial charge < -0.3 is 16.6 Å². The Kier molecular flexibility index (Phi) is 6.51. The van der Waals surface area contributed by atoms with E-state index in [1.165, 1.54) is 0 Å². The normalized spacial score (nSPS) is 18.5. The molecule has 0 bridgehead atoms. The van der Waals surface area contributed by atoms with Gasteiger partial charge in [-0.15, -0.1) is 0 Å². The number of rotatable bonds is 7. The molecule has 0 radical (unpaired) electrons. The molecule has 0 aromatic carbocycles. The molecule has 0 saturated carbocycles. The molecule has 0 aliphatic carbocycles. The van der Waals surface area contributed by atoms with Gasteiger partial charge in [-0.25, -0.2) is 8.78 Å². The lowest BCUT2D eigenvalue weighted by Gasteiger charge is -2.32. The van der Waals surface area contributed by atoms with Gasteiger partial charge in [0.05, 0.1) is 6.04 Å². The lowest BCUT2D eigenvalue weighted by atomic mass is 9.90. The van der Waals surface area contributed by atoms with E-state index in [1.54, 1.807) is 0 Å². The summed E-state index contributed by atoms with van der Waals surface area (Å²) >= 11 is 0. The van der Waals surface area contributed by atoms with Gasteiger partial charge in [0.1, 0.15) is 6.10 Å². The van der Waals surface area contributed by atoms with Crippen molar-refractivity contribution in [3.05, 3.63) is 0 Å². The summed E-state index contributed by atoms with van der Waals surface area (Å²) in [6.07, 6.45) is -1.36. The molecule has 5 heteroatoms. The number of nitrogens with two attached hydrogens (primary N) is 2. The van der Waals surface area contributed by atoms with E-state index in [2.05, 4.69) is 0 Å². The summed E-state index contributed by atoms with van der Waals surface area (Å²) in [6.45, 7) is 7.38. The SMILES string of the molecule is CC(C)C[C@H](N)[C@@H](O)C(F)(F)[C@@H](N)CC(C)C. The zero-order valence-corrected chi connectivity index (χ0v) is 11.2. The van der Waals surface area contributed by atoms with E-state index in [4.69, 9.17) is 11.5 Å². The van der Waals surface area contributed by atoms with Crippen molar-refractivity contribution in [2.45, 2.75) is 64.6 Å². The van der Waals surface area contributed by atoms with E-state index in [0.29, 0.717) is 6.42 Å². The van der Waals surface area contributed by atoms with Crippen LogP contribution in [0, 0.1) is 11.8 Å². The molecule has 0 aromatic heterocycles. The number of halogens is 2. The Bertz CT molecular complexity index is 223. The van der Waals surface area contributed by atoms with Crippen molar-refractivity contribution < 1.29 is 13.9 Å². The van der Waals surface area contributed by atoms with Crippen molar-refractivity contribution in [3.63, 3.8) is 0 Å². The average molecular weight is 252 g/mol. The molecule has 0 unspecified atom stereocenters. The molecule has 0 aliphatic rings. The number of hydrogen-bond acceptors (Lipinski definition) is 3. The van der Waals surface area contributed by atoms with Gasteiger partial charge in [0.25, 0.3) is 5.92 Å². The van der Waals surface area contributed by atoms with Crippen LogP contribution in [0.25, 0.3) is 0 Å². The van der Waals surface area contributed by atoms with E-state index >= 15 is 0 Å². The highest BCUT2D eigenvalue weighted by Gasteiger charge is 2.47. The highest BCUT2D eigenvalue weighted by atomic mass is 19.3. The maximum atomic E-state index is 13.8. The molecular formula is C12H26F2N2O. The van der Waals surface area contributed by atoms with Gasteiger partial charge in [-0.3, -0.25) is 0 Å². The molecule has 104 valence electrons. The quantitative estimate of drug-likeness (QED) is 0.646. The first-order chi connectivity index (χ1) is 7.59. The van der Waals surface area contributed by atoms with Crippen molar-refractivity contribution in [3.8, 4) is 0 Å². The Morgan fingerprint density at radius 3 is 1.76 bits per heavy atom. The fourth-order valence-corrected chi connectivity index (χ4v) is 1.84. The third-order valence-corrected chi connectivity index (χ3v) is 2.76. The largest absolute Gasteiger partial charge is 0.385 e. The lowest BCUT2D eigenvalue weighted by Crippen LogP contribution is -2.56. The minimum absolute atomic E-state index is 0.0596. The number of alkyl halides is 2. The van der Waals surface area contributed by atoms with E-state index in [-0.39, 0.29) is 18.3 Å². The van der Waals surface area contributed by atoms with Gasteiger partial charge >= 0.3 is 0 Å². The van der Waals surface area contributed by atoms with Gasteiger partial charge in [-0.05, 0) is 24.7 Å². The molecule has 0 spiro atoms. The summed E-state index contributed by atoms with van der Waals surface area (Å²) in [5.74, 6) is -3.11. The van der Waals surface area contributed by atoms with Crippen LogP contribution in [0.1, 0.15) is 40.5 Å². The van der Waals surface area contributed by atoms with Gasteiger partial charge in [-0.2, -0.15) is 0 Å². The van der Waals surface area contributed by atoms with Crippen LogP contribution >= 0.6 is 0 Å². The summed E-state index contributed by atoms with van der Waals surface area (Å²) < 4.78 is 27.6. The van der Waals surface area contributed by atoms with Gasteiger partial charge in [0.15, 0.2) is 0 Å². The van der Waals surface area contributed by atoms with E-state index in [0.717, 1.165) is 0 Å². The molecule has 3 atom stereocenters. The average Bonchev–Trinajstić information content (AvgIpc) is 2.14. The van der Waals surface area contributed by atoms with Crippen molar-refractivity contribution in [1.29, 1.82) is 0 Å². The zero-order valence-electron chi connectivity index (χ0n) is 11.2. The Morgan fingerprint density at radius 1 is 1.00 bits per heavy atom. The van der Waals surface area contributed by atoms with Gasteiger partial charge in [-0.1, -0.05) is 27.7 Å². The predicted molar refractivity (Wildman–Crippen MR) is 65.8 cm³/mol. The van der Waals surface area contributed by atoms with Gasteiger partial charge in [0, 0.05) is 6.04 Å². The maximum Gasteiger partial charge on any atom is 0.289 e. The van der Waals surface area contributed by atoms with E-state index in [9.17, 15) is 13.9 Å². The molecular weight excluding hydrogens is 226 g/mol. The van der Waals surface area contributed by atoms with Crippen LogP contribution in [-0.4, -0.2) is 29.2 Å². The first-order valence-electron chi connectivity index (χ1n) is 6.16. The molecule has 0 heterocycles. The maximum absolute atomic E-state index is 13.8.